The molecule has 6 heteroatoms. The zero-order valence-electron chi connectivity index (χ0n) is 19.5. The minimum absolute atomic E-state index is 0.0711. The van der Waals surface area contributed by atoms with E-state index in [4.69, 9.17) is 9.47 Å². The van der Waals surface area contributed by atoms with Crippen LogP contribution in [0.1, 0.15) is 50.4 Å². The molecule has 1 heterocycles. The summed E-state index contributed by atoms with van der Waals surface area (Å²) in [6.07, 6.45) is 0.954. The number of hydrogen-bond acceptors (Lipinski definition) is 3. The summed E-state index contributed by atoms with van der Waals surface area (Å²) in [6, 6.07) is 14.6. The van der Waals surface area contributed by atoms with Crippen molar-refractivity contribution in [3.8, 4) is 11.5 Å². The Bertz CT molecular complexity index is 893. The summed E-state index contributed by atoms with van der Waals surface area (Å²) in [7, 11) is 3.33. The summed E-state index contributed by atoms with van der Waals surface area (Å²) in [4.78, 5) is 14.1. The second-order valence-electron chi connectivity index (χ2n) is 9.34. The normalized spacial score (nSPS) is 19.2. The summed E-state index contributed by atoms with van der Waals surface area (Å²) in [5.41, 5.74) is 3.46. The fraction of sp³-hybridized carbons (Fsp3) is 0.480. The maximum Gasteiger partial charge on any atom is 0.315 e. The molecule has 3 atom stereocenters. The molecular weight excluding hydrogens is 390 g/mol. The van der Waals surface area contributed by atoms with E-state index in [1.807, 2.05) is 26.8 Å². The van der Waals surface area contributed by atoms with Gasteiger partial charge in [-0.2, -0.15) is 0 Å². The Balaban J connectivity index is 1.94. The third kappa shape index (κ3) is 5.70. The first-order chi connectivity index (χ1) is 14.7. The number of fused-ring (bicyclic) bond motifs is 1. The molecule has 1 aliphatic heterocycles. The highest BCUT2D eigenvalue weighted by molar-refractivity contribution is 5.75. The van der Waals surface area contributed by atoms with Crippen molar-refractivity contribution in [2.45, 2.75) is 58.3 Å². The molecule has 0 saturated carbocycles. The monoisotopic (exact) mass is 426 g/mol. The largest absolute Gasteiger partial charge is 0.493 e. The van der Waals surface area contributed by atoms with E-state index in [0.717, 1.165) is 31.0 Å². The highest BCUT2D eigenvalue weighted by Gasteiger charge is 2.37. The summed E-state index contributed by atoms with van der Waals surface area (Å²) in [5.74, 6) is 1.47. The lowest BCUT2D eigenvalue weighted by Crippen LogP contribution is -3.13. The predicted octanol–water partition coefficient (Wildman–Crippen LogP) is 2.87. The van der Waals surface area contributed by atoms with Gasteiger partial charge in [-0.15, -0.1) is 0 Å². The van der Waals surface area contributed by atoms with Crippen LogP contribution in [-0.2, 0) is 13.0 Å². The number of ether oxygens (including phenoxy) is 2. The molecule has 3 N–H and O–H groups in total. The second kappa shape index (κ2) is 9.60. The van der Waals surface area contributed by atoms with Crippen molar-refractivity contribution in [1.29, 1.82) is 0 Å². The zero-order chi connectivity index (χ0) is 22.6. The Kier molecular flexibility index (Phi) is 7.11. The van der Waals surface area contributed by atoms with Crippen LogP contribution < -0.4 is 25.0 Å². The molecule has 1 unspecified atom stereocenters. The molecule has 6 nitrogen and oxygen atoms in total. The van der Waals surface area contributed by atoms with Gasteiger partial charge in [-0.05, 0) is 45.4 Å². The van der Waals surface area contributed by atoms with Gasteiger partial charge in [0.15, 0.2) is 11.5 Å². The van der Waals surface area contributed by atoms with Crippen molar-refractivity contribution in [2.75, 3.05) is 20.8 Å². The van der Waals surface area contributed by atoms with E-state index in [0.29, 0.717) is 0 Å². The third-order valence-electron chi connectivity index (χ3n) is 5.76. The van der Waals surface area contributed by atoms with Crippen LogP contribution in [0.3, 0.4) is 0 Å². The smallest absolute Gasteiger partial charge is 0.315 e. The highest BCUT2D eigenvalue weighted by Crippen LogP contribution is 2.35. The van der Waals surface area contributed by atoms with Gasteiger partial charge in [-0.3, -0.25) is 0 Å². The third-order valence-corrected chi connectivity index (χ3v) is 5.76. The number of quaternary nitrogens is 1. The number of hydrogen-bond donors (Lipinski definition) is 3. The second-order valence-corrected chi connectivity index (χ2v) is 9.34. The van der Waals surface area contributed by atoms with Gasteiger partial charge in [-0.1, -0.05) is 30.3 Å². The number of urea groups is 1. The van der Waals surface area contributed by atoms with E-state index in [1.165, 1.54) is 21.6 Å². The Morgan fingerprint density at radius 1 is 1.13 bits per heavy atom. The average molecular weight is 427 g/mol. The molecule has 0 spiro atoms. The summed E-state index contributed by atoms with van der Waals surface area (Å²) in [6.45, 7) is 9.91. The van der Waals surface area contributed by atoms with E-state index in [1.54, 1.807) is 14.2 Å². The molecule has 1 aliphatic rings. The standard InChI is InChI=1S/C25H35N3O3/c1-17(26-24(29)27-25(2,3)4)23-20-15-22(31-6)21(30-5)14-19(20)12-13-28(23)16-18-10-8-7-9-11-18/h7-11,14-15,17,23H,12-13,16H2,1-6H3,(H2,26,27,29)/p+1/t17-,23-/m1/s1. The number of amides is 2. The molecular formula is C25H36N3O3+. The van der Waals surface area contributed by atoms with E-state index in [2.05, 4.69) is 54.0 Å². The fourth-order valence-corrected chi connectivity index (χ4v) is 4.46. The minimum Gasteiger partial charge on any atom is -0.493 e. The van der Waals surface area contributed by atoms with Gasteiger partial charge in [0, 0.05) is 23.1 Å². The number of methoxy groups -OCH3 is 2. The molecule has 3 rings (SSSR count). The summed E-state index contributed by atoms with van der Waals surface area (Å²) < 4.78 is 11.1. The SMILES string of the molecule is COc1cc2c(cc1OC)[C@@H]([C@@H](C)NC(=O)NC(C)(C)C)[NH+](Cc1ccccc1)CC2. The first kappa shape index (κ1) is 22.9. The molecule has 0 aliphatic carbocycles. The van der Waals surface area contributed by atoms with Crippen LogP contribution in [-0.4, -0.2) is 38.4 Å². The van der Waals surface area contributed by atoms with Crippen LogP contribution in [0.5, 0.6) is 11.5 Å². The number of nitrogens with one attached hydrogen (secondary N) is 3. The van der Waals surface area contributed by atoms with E-state index >= 15 is 0 Å². The lowest BCUT2D eigenvalue weighted by molar-refractivity contribution is -0.948. The molecule has 31 heavy (non-hydrogen) atoms. The minimum atomic E-state index is -0.290. The summed E-state index contributed by atoms with van der Waals surface area (Å²) in [5, 5.41) is 6.20. The molecule has 2 amide bonds. The molecule has 0 saturated heterocycles. The molecule has 2 aromatic rings. The number of benzene rings is 2. The molecule has 0 bridgehead atoms. The van der Waals surface area contributed by atoms with Crippen LogP contribution >= 0.6 is 0 Å². The van der Waals surface area contributed by atoms with Gasteiger partial charge in [0.1, 0.15) is 12.6 Å². The van der Waals surface area contributed by atoms with E-state index in [-0.39, 0.29) is 23.7 Å². The maximum atomic E-state index is 12.6. The van der Waals surface area contributed by atoms with Crippen LogP contribution in [0.25, 0.3) is 0 Å². The van der Waals surface area contributed by atoms with Gasteiger partial charge in [-0.25, -0.2) is 4.79 Å². The van der Waals surface area contributed by atoms with E-state index < -0.39 is 0 Å². The van der Waals surface area contributed by atoms with Crippen LogP contribution in [0, 0.1) is 0 Å². The van der Waals surface area contributed by atoms with Crippen molar-refractivity contribution in [3.05, 3.63) is 59.2 Å². The molecule has 168 valence electrons. The Morgan fingerprint density at radius 3 is 2.39 bits per heavy atom. The van der Waals surface area contributed by atoms with Crippen LogP contribution in [0.4, 0.5) is 4.79 Å². The average Bonchev–Trinajstić information content (AvgIpc) is 2.71. The number of carbonyl (C=O) groups excluding carboxylic acids is 1. The number of carbonyl (C=O) groups is 1. The molecule has 0 fully saturated rings. The lowest BCUT2D eigenvalue weighted by atomic mass is 9.87. The van der Waals surface area contributed by atoms with Gasteiger partial charge in [0.25, 0.3) is 0 Å². The topological polar surface area (TPSA) is 64.0 Å². The Morgan fingerprint density at radius 2 is 1.77 bits per heavy atom. The fourth-order valence-electron chi connectivity index (χ4n) is 4.46. The lowest BCUT2D eigenvalue weighted by Gasteiger charge is -2.38. The Labute approximate surface area is 185 Å². The van der Waals surface area contributed by atoms with E-state index in [9.17, 15) is 4.79 Å². The van der Waals surface area contributed by atoms with Crippen molar-refractivity contribution < 1.29 is 19.2 Å². The van der Waals surface area contributed by atoms with Crippen molar-refractivity contribution in [1.82, 2.24) is 10.6 Å². The van der Waals surface area contributed by atoms with Crippen molar-refractivity contribution in [3.63, 3.8) is 0 Å². The van der Waals surface area contributed by atoms with Gasteiger partial charge < -0.3 is 25.0 Å². The quantitative estimate of drug-likeness (QED) is 0.666. The number of rotatable bonds is 6. The van der Waals surface area contributed by atoms with Crippen LogP contribution in [0.2, 0.25) is 0 Å². The van der Waals surface area contributed by atoms with Crippen molar-refractivity contribution >= 4 is 6.03 Å². The first-order valence-electron chi connectivity index (χ1n) is 10.9. The Hall–Kier alpha value is -2.73. The van der Waals surface area contributed by atoms with Gasteiger partial charge in [0.05, 0.1) is 26.8 Å². The van der Waals surface area contributed by atoms with Crippen molar-refractivity contribution in [2.24, 2.45) is 0 Å². The molecule has 2 aromatic carbocycles. The van der Waals surface area contributed by atoms with Gasteiger partial charge >= 0.3 is 6.03 Å². The molecule has 0 aromatic heterocycles. The molecule has 0 radical (unpaired) electrons. The zero-order valence-corrected chi connectivity index (χ0v) is 19.5. The van der Waals surface area contributed by atoms with Crippen LogP contribution in [0.15, 0.2) is 42.5 Å². The predicted molar refractivity (Wildman–Crippen MR) is 123 cm³/mol. The maximum absolute atomic E-state index is 12.6. The summed E-state index contributed by atoms with van der Waals surface area (Å²) >= 11 is 0. The highest BCUT2D eigenvalue weighted by atomic mass is 16.5. The van der Waals surface area contributed by atoms with Gasteiger partial charge in [0.2, 0.25) is 0 Å². The first-order valence-corrected chi connectivity index (χ1v) is 10.9.